The number of benzene rings is 3. The maximum absolute atomic E-state index is 12.8. The van der Waals surface area contributed by atoms with Gasteiger partial charge in [-0.3, -0.25) is 4.79 Å². The van der Waals surface area contributed by atoms with Gasteiger partial charge in [0, 0.05) is 21.3 Å². The SMILES string of the molecule is Cc1ccc(-c2nc(C(=O)Nc3cccc(Cl)c3)nn2-c2ccc(C)c(Cl)c2)cc1. The summed E-state index contributed by atoms with van der Waals surface area (Å²) in [4.78, 5) is 17.3. The number of nitrogens with one attached hydrogen (secondary N) is 1. The lowest BCUT2D eigenvalue weighted by atomic mass is 10.1. The fraction of sp³-hybridized carbons (Fsp3) is 0.0870. The summed E-state index contributed by atoms with van der Waals surface area (Å²) in [5, 5.41) is 8.40. The number of hydrogen-bond acceptors (Lipinski definition) is 3. The summed E-state index contributed by atoms with van der Waals surface area (Å²) in [6, 6.07) is 20.4. The lowest BCUT2D eigenvalue weighted by molar-refractivity contribution is 0.101. The van der Waals surface area contributed by atoms with E-state index in [0.717, 1.165) is 22.4 Å². The Labute approximate surface area is 184 Å². The molecule has 150 valence electrons. The molecule has 0 aliphatic rings. The van der Waals surface area contributed by atoms with E-state index in [1.165, 1.54) is 0 Å². The third-order valence-corrected chi connectivity index (χ3v) is 5.24. The number of carbonyl (C=O) groups excluding carboxylic acids is 1. The molecule has 1 aromatic heterocycles. The van der Waals surface area contributed by atoms with Crippen molar-refractivity contribution in [1.82, 2.24) is 14.8 Å². The lowest BCUT2D eigenvalue weighted by Gasteiger charge is -2.08. The van der Waals surface area contributed by atoms with E-state index in [0.29, 0.717) is 21.6 Å². The van der Waals surface area contributed by atoms with Crippen molar-refractivity contribution in [3.8, 4) is 17.1 Å². The molecule has 0 fully saturated rings. The Morgan fingerprint density at radius 1 is 0.967 bits per heavy atom. The third-order valence-electron chi connectivity index (χ3n) is 4.60. The molecule has 0 spiro atoms. The molecular formula is C23H18Cl2N4O. The van der Waals surface area contributed by atoms with E-state index < -0.39 is 5.91 Å². The highest BCUT2D eigenvalue weighted by atomic mass is 35.5. The number of rotatable bonds is 4. The molecule has 3 aromatic carbocycles. The Morgan fingerprint density at radius 3 is 2.43 bits per heavy atom. The summed E-state index contributed by atoms with van der Waals surface area (Å²) < 4.78 is 1.63. The number of amides is 1. The molecule has 7 heteroatoms. The second kappa shape index (κ2) is 8.30. The smallest absolute Gasteiger partial charge is 0.295 e. The summed E-state index contributed by atoms with van der Waals surface area (Å²) >= 11 is 12.3. The number of nitrogens with zero attached hydrogens (tertiary/aromatic N) is 3. The number of aromatic nitrogens is 3. The molecule has 0 radical (unpaired) electrons. The fourth-order valence-corrected chi connectivity index (χ4v) is 3.31. The van der Waals surface area contributed by atoms with Crippen LogP contribution >= 0.6 is 23.2 Å². The molecule has 0 saturated carbocycles. The molecule has 0 saturated heterocycles. The van der Waals surface area contributed by atoms with Gasteiger partial charge in [0.2, 0.25) is 5.82 Å². The molecular weight excluding hydrogens is 419 g/mol. The van der Waals surface area contributed by atoms with Crippen molar-refractivity contribution in [1.29, 1.82) is 0 Å². The molecule has 0 atom stereocenters. The van der Waals surface area contributed by atoms with Crippen LogP contribution in [-0.2, 0) is 0 Å². The number of carbonyl (C=O) groups is 1. The first-order valence-corrected chi connectivity index (χ1v) is 10.0. The van der Waals surface area contributed by atoms with Crippen LogP contribution in [0.4, 0.5) is 5.69 Å². The van der Waals surface area contributed by atoms with Crippen LogP contribution in [0.1, 0.15) is 21.7 Å². The number of aryl methyl sites for hydroxylation is 2. The molecule has 4 rings (SSSR count). The quantitative estimate of drug-likeness (QED) is 0.419. The normalized spacial score (nSPS) is 10.8. The molecule has 4 aromatic rings. The monoisotopic (exact) mass is 436 g/mol. The van der Waals surface area contributed by atoms with E-state index in [2.05, 4.69) is 15.4 Å². The number of halogens is 2. The minimum Gasteiger partial charge on any atom is -0.319 e. The van der Waals surface area contributed by atoms with Crippen LogP contribution in [0, 0.1) is 13.8 Å². The second-order valence-electron chi connectivity index (χ2n) is 6.93. The van der Waals surface area contributed by atoms with Crippen LogP contribution in [0.15, 0.2) is 66.7 Å². The van der Waals surface area contributed by atoms with Crippen molar-refractivity contribution in [3.05, 3.63) is 93.7 Å². The average molecular weight is 437 g/mol. The van der Waals surface area contributed by atoms with Crippen LogP contribution in [-0.4, -0.2) is 20.7 Å². The number of anilines is 1. The third kappa shape index (κ3) is 4.22. The van der Waals surface area contributed by atoms with Gasteiger partial charge >= 0.3 is 0 Å². The zero-order valence-electron chi connectivity index (χ0n) is 16.4. The molecule has 0 aliphatic heterocycles. The minimum absolute atomic E-state index is 0.0437. The van der Waals surface area contributed by atoms with E-state index in [-0.39, 0.29) is 5.82 Å². The molecule has 5 nitrogen and oxygen atoms in total. The van der Waals surface area contributed by atoms with Gasteiger partial charge in [-0.15, -0.1) is 5.10 Å². The van der Waals surface area contributed by atoms with Crippen molar-refractivity contribution >= 4 is 34.8 Å². The van der Waals surface area contributed by atoms with E-state index in [9.17, 15) is 4.79 Å². The Morgan fingerprint density at radius 2 is 1.73 bits per heavy atom. The summed E-state index contributed by atoms with van der Waals surface area (Å²) in [5.74, 6) is 0.163. The van der Waals surface area contributed by atoms with Crippen LogP contribution in [0.3, 0.4) is 0 Å². The van der Waals surface area contributed by atoms with Crippen molar-refractivity contribution in [2.45, 2.75) is 13.8 Å². The van der Waals surface area contributed by atoms with Gasteiger partial charge in [-0.2, -0.15) is 0 Å². The van der Waals surface area contributed by atoms with E-state index >= 15 is 0 Å². The molecule has 0 bridgehead atoms. The molecule has 1 amide bonds. The lowest BCUT2D eigenvalue weighted by Crippen LogP contribution is -2.14. The zero-order valence-corrected chi connectivity index (χ0v) is 17.9. The summed E-state index contributed by atoms with van der Waals surface area (Å²) in [5.41, 5.74) is 4.21. The molecule has 1 N–H and O–H groups in total. The standard InChI is InChI=1S/C23H18Cl2N4O/c1-14-6-9-16(10-7-14)22-27-21(23(30)26-18-5-3-4-17(24)12-18)28-29(22)19-11-8-15(2)20(25)13-19/h3-13H,1-2H3,(H,26,30). The summed E-state index contributed by atoms with van der Waals surface area (Å²) in [6.45, 7) is 3.94. The van der Waals surface area contributed by atoms with Gasteiger partial charge < -0.3 is 5.32 Å². The highest BCUT2D eigenvalue weighted by Gasteiger charge is 2.19. The second-order valence-corrected chi connectivity index (χ2v) is 7.78. The molecule has 30 heavy (non-hydrogen) atoms. The fourth-order valence-electron chi connectivity index (χ4n) is 2.94. The molecule has 0 unspecified atom stereocenters. The van der Waals surface area contributed by atoms with Gasteiger partial charge in [0.05, 0.1) is 5.69 Å². The summed E-state index contributed by atoms with van der Waals surface area (Å²) in [6.07, 6.45) is 0. The van der Waals surface area contributed by atoms with Crippen molar-refractivity contribution in [2.24, 2.45) is 0 Å². The van der Waals surface area contributed by atoms with E-state index in [1.807, 2.05) is 56.3 Å². The minimum atomic E-state index is -0.428. The van der Waals surface area contributed by atoms with Gasteiger partial charge in [-0.25, -0.2) is 9.67 Å². The van der Waals surface area contributed by atoms with Gasteiger partial charge in [-0.05, 0) is 49.7 Å². The first kappa shape index (κ1) is 20.1. The summed E-state index contributed by atoms with van der Waals surface area (Å²) in [7, 11) is 0. The van der Waals surface area contributed by atoms with Crippen LogP contribution < -0.4 is 5.32 Å². The zero-order chi connectivity index (χ0) is 21.3. The van der Waals surface area contributed by atoms with Crippen molar-refractivity contribution in [2.75, 3.05) is 5.32 Å². The van der Waals surface area contributed by atoms with Crippen molar-refractivity contribution < 1.29 is 4.79 Å². The van der Waals surface area contributed by atoms with Gasteiger partial charge in [0.25, 0.3) is 5.91 Å². The molecule has 1 heterocycles. The Hall–Kier alpha value is -3.15. The predicted molar refractivity (Wildman–Crippen MR) is 121 cm³/mol. The van der Waals surface area contributed by atoms with Gasteiger partial charge in [-0.1, -0.05) is 65.2 Å². The van der Waals surface area contributed by atoms with Gasteiger partial charge in [0.1, 0.15) is 0 Å². The highest BCUT2D eigenvalue weighted by Crippen LogP contribution is 2.25. The van der Waals surface area contributed by atoms with Crippen LogP contribution in [0.2, 0.25) is 10.0 Å². The number of hydrogen-bond donors (Lipinski definition) is 1. The molecule has 0 aliphatic carbocycles. The topological polar surface area (TPSA) is 59.8 Å². The first-order valence-electron chi connectivity index (χ1n) is 9.28. The van der Waals surface area contributed by atoms with Crippen LogP contribution in [0.25, 0.3) is 17.1 Å². The highest BCUT2D eigenvalue weighted by molar-refractivity contribution is 6.31. The maximum atomic E-state index is 12.8. The first-order chi connectivity index (χ1) is 14.4. The van der Waals surface area contributed by atoms with Crippen molar-refractivity contribution in [3.63, 3.8) is 0 Å². The average Bonchev–Trinajstić information content (AvgIpc) is 3.16. The van der Waals surface area contributed by atoms with Crippen LogP contribution in [0.5, 0.6) is 0 Å². The largest absolute Gasteiger partial charge is 0.319 e. The Kier molecular flexibility index (Phi) is 5.57. The maximum Gasteiger partial charge on any atom is 0.295 e. The van der Waals surface area contributed by atoms with E-state index in [1.54, 1.807) is 28.9 Å². The Bertz CT molecular complexity index is 1230. The Balaban J connectivity index is 1.77. The predicted octanol–water partition coefficient (Wildman–Crippen LogP) is 6.11. The van der Waals surface area contributed by atoms with Gasteiger partial charge in [0.15, 0.2) is 5.82 Å². The van der Waals surface area contributed by atoms with E-state index in [4.69, 9.17) is 23.2 Å².